The van der Waals surface area contributed by atoms with Crippen LogP contribution in [0.2, 0.25) is 0 Å². The monoisotopic (exact) mass is 233 g/mol. The predicted molar refractivity (Wildman–Crippen MR) is 64.5 cm³/mol. The van der Waals surface area contributed by atoms with Crippen molar-refractivity contribution < 1.29 is 4.42 Å². The Hall–Kier alpha value is -1.88. The Balaban J connectivity index is 2.41. The highest BCUT2D eigenvalue weighted by Crippen LogP contribution is 2.16. The second kappa shape index (κ2) is 4.55. The topological polar surface area (TPSA) is 74.1 Å². The van der Waals surface area contributed by atoms with Gasteiger partial charge in [0.15, 0.2) is 0 Å². The summed E-state index contributed by atoms with van der Waals surface area (Å²) in [6.07, 6.45) is 3.25. The molecule has 5 heteroatoms. The summed E-state index contributed by atoms with van der Waals surface area (Å²) in [5, 5.41) is 0. The zero-order chi connectivity index (χ0) is 12.4. The van der Waals surface area contributed by atoms with Gasteiger partial charge in [0.05, 0.1) is 5.69 Å². The largest absolute Gasteiger partial charge is 0.444 e. The van der Waals surface area contributed by atoms with E-state index in [1.54, 1.807) is 10.8 Å². The van der Waals surface area contributed by atoms with E-state index in [0.29, 0.717) is 23.7 Å². The fraction of sp³-hybridized carbons (Fsp3) is 0.333. The first-order valence-corrected chi connectivity index (χ1v) is 5.49. The Morgan fingerprint density at radius 3 is 2.82 bits per heavy atom. The Kier molecular flexibility index (Phi) is 3.10. The van der Waals surface area contributed by atoms with Crippen LogP contribution in [-0.2, 0) is 6.54 Å². The van der Waals surface area contributed by atoms with Crippen molar-refractivity contribution in [1.29, 1.82) is 0 Å². The predicted octanol–water partition coefficient (Wildman–Crippen LogP) is 1.54. The molecular formula is C12H15N3O2. The minimum absolute atomic E-state index is 0.0648. The van der Waals surface area contributed by atoms with Gasteiger partial charge in [0.1, 0.15) is 6.26 Å². The van der Waals surface area contributed by atoms with Gasteiger partial charge in [-0.3, -0.25) is 4.79 Å². The van der Waals surface area contributed by atoms with E-state index in [9.17, 15) is 4.79 Å². The summed E-state index contributed by atoms with van der Waals surface area (Å²) in [6, 6.07) is 3.47. The molecule has 0 radical (unpaired) electrons. The van der Waals surface area contributed by atoms with Crippen LogP contribution in [0.15, 0.2) is 33.8 Å². The van der Waals surface area contributed by atoms with Gasteiger partial charge < -0.3 is 14.7 Å². The molecule has 0 spiro atoms. The van der Waals surface area contributed by atoms with Gasteiger partial charge in [-0.15, -0.1) is 0 Å². The second-order valence-corrected chi connectivity index (χ2v) is 4.10. The van der Waals surface area contributed by atoms with Crippen molar-refractivity contribution in [2.75, 3.05) is 0 Å². The van der Waals surface area contributed by atoms with Gasteiger partial charge in [0.2, 0.25) is 5.89 Å². The first-order chi connectivity index (χ1) is 8.11. The van der Waals surface area contributed by atoms with Crippen molar-refractivity contribution in [1.82, 2.24) is 9.55 Å². The molecule has 0 saturated carbocycles. The minimum atomic E-state index is -0.0648. The van der Waals surface area contributed by atoms with Gasteiger partial charge in [-0.05, 0) is 19.9 Å². The van der Waals surface area contributed by atoms with E-state index in [1.165, 1.54) is 12.3 Å². The molecule has 5 nitrogen and oxygen atoms in total. The molecule has 2 heterocycles. The average molecular weight is 233 g/mol. The summed E-state index contributed by atoms with van der Waals surface area (Å²) in [6.45, 7) is 4.24. The number of rotatable bonds is 3. The van der Waals surface area contributed by atoms with Crippen molar-refractivity contribution in [3.8, 4) is 11.5 Å². The average Bonchev–Trinajstić information content (AvgIpc) is 2.76. The molecule has 0 aliphatic carbocycles. The number of aromatic nitrogens is 2. The highest BCUT2D eigenvalue weighted by molar-refractivity contribution is 5.51. The minimum Gasteiger partial charge on any atom is -0.444 e. The Morgan fingerprint density at radius 1 is 1.53 bits per heavy atom. The van der Waals surface area contributed by atoms with Crippen LogP contribution in [0.4, 0.5) is 0 Å². The maximum absolute atomic E-state index is 11.8. The summed E-state index contributed by atoms with van der Waals surface area (Å²) >= 11 is 0. The molecule has 0 amide bonds. The SMILES string of the molecule is CC(C)n1ccc(-c2nc(CN)co2)cc1=O. The van der Waals surface area contributed by atoms with Gasteiger partial charge in [0.25, 0.3) is 5.56 Å². The highest BCUT2D eigenvalue weighted by atomic mass is 16.3. The van der Waals surface area contributed by atoms with Crippen LogP contribution >= 0.6 is 0 Å². The molecule has 0 bridgehead atoms. The maximum Gasteiger partial charge on any atom is 0.251 e. The molecule has 2 rings (SSSR count). The lowest BCUT2D eigenvalue weighted by Gasteiger charge is -2.08. The smallest absolute Gasteiger partial charge is 0.251 e. The van der Waals surface area contributed by atoms with Gasteiger partial charge in [-0.25, -0.2) is 4.98 Å². The zero-order valence-electron chi connectivity index (χ0n) is 9.88. The molecule has 0 atom stereocenters. The highest BCUT2D eigenvalue weighted by Gasteiger charge is 2.08. The first-order valence-electron chi connectivity index (χ1n) is 5.49. The third kappa shape index (κ3) is 2.29. The van der Waals surface area contributed by atoms with Crippen molar-refractivity contribution >= 4 is 0 Å². The van der Waals surface area contributed by atoms with E-state index >= 15 is 0 Å². The summed E-state index contributed by atoms with van der Waals surface area (Å²) in [4.78, 5) is 16.0. The summed E-state index contributed by atoms with van der Waals surface area (Å²) in [7, 11) is 0. The van der Waals surface area contributed by atoms with E-state index in [-0.39, 0.29) is 11.6 Å². The van der Waals surface area contributed by atoms with Gasteiger partial charge in [-0.2, -0.15) is 0 Å². The summed E-state index contributed by atoms with van der Waals surface area (Å²) in [5.74, 6) is 0.429. The van der Waals surface area contributed by atoms with Crippen molar-refractivity contribution in [3.63, 3.8) is 0 Å². The molecule has 90 valence electrons. The number of pyridine rings is 1. The lowest BCUT2D eigenvalue weighted by molar-refractivity contribution is 0.565. The Bertz CT molecular complexity index is 569. The lowest BCUT2D eigenvalue weighted by atomic mass is 10.2. The molecule has 17 heavy (non-hydrogen) atoms. The van der Waals surface area contributed by atoms with E-state index in [2.05, 4.69) is 4.98 Å². The molecular weight excluding hydrogens is 218 g/mol. The molecule has 0 saturated heterocycles. The Morgan fingerprint density at radius 2 is 2.29 bits per heavy atom. The van der Waals surface area contributed by atoms with Crippen molar-refractivity contribution in [2.24, 2.45) is 5.73 Å². The number of hydrogen-bond donors (Lipinski definition) is 1. The number of nitrogens with two attached hydrogens (primary N) is 1. The lowest BCUT2D eigenvalue weighted by Crippen LogP contribution is -2.20. The quantitative estimate of drug-likeness (QED) is 0.872. The third-order valence-corrected chi connectivity index (χ3v) is 2.51. The maximum atomic E-state index is 11.8. The summed E-state index contributed by atoms with van der Waals surface area (Å²) in [5.41, 5.74) is 6.73. The second-order valence-electron chi connectivity index (χ2n) is 4.10. The number of oxazole rings is 1. The molecule has 0 aliphatic heterocycles. The Labute approximate surface area is 98.9 Å². The molecule has 0 aliphatic rings. The van der Waals surface area contributed by atoms with Crippen LogP contribution in [0.3, 0.4) is 0 Å². The molecule has 0 aromatic carbocycles. The van der Waals surface area contributed by atoms with E-state index in [1.807, 2.05) is 19.9 Å². The summed E-state index contributed by atoms with van der Waals surface area (Å²) < 4.78 is 6.91. The zero-order valence-corrected chi connectivity index (χ0v) is 9.88. The van der Waals surface area contributed by atoms with Crippen molar-refractivity contribution in [3.05, 3.63) is 40.6 Å². The third-order valence-electron chi connectivity index (χ3n) is 2.51. The van der Waals surface area contributed by atoms with Crippen molar-refractivity contribution in [2.45, 2.75) is 26.4 Å². The van der Waals surface area contributed by atoms with Crippen LogP contribution in [0, 0.1) is 0 Å². The fourth-order valence-electron chi connectivity index (χ4n) is 1.58. The molecule has 2 aromatic heterocycles. The van der Waals surface area contributed by atoms with Gasteiger partial charge in [0, 0.05) is 30.4 Å². The van der Waals surface area contributed by atoms with Crippen LogP contribution in [0.5, 0.6) is 0 Å². The van der Waals surface area contributed by atoms with Gasteiger partial charge >= 0.3 is 0 Å². The molecule has 0 unspecified atom stereocenters. The number of nitrogens with zero attached hydrogens (tertiary/aromatic N) is 2. The van der Waals surface area contributed by atoms with E-state index < -0.39 is 0 Å². The molecule has 2 aromatic rings. The van der Waals surface area contributed by atoms with Crippen LogP contribution in [0.25, 0.3) is 11.5 Å². The normalized spacial score (nSPS) is 11.1. The molecule has 0 fully saturated rings. The molecule has 2 N–H and O–H groups in total. The van der Waals surface area contributed by atoms with E-state index in [4.69, 9.17) is 10.2 Å². The van der Waals surface area contributed by atoms with Crippen LogP contribution < -0.4 is 11.3 Å². The fourth-order valence-corrected chi connectivity index (χ4v) is 1.58. The first kappa shape index (κ1) is 11.6. The van der Waals surface area contributed by atoms with Crippen LogP contribution in [-0.4, -0.2) is 9.55 Å². The standard InChI is InChI=1S/C12H15N3O2/c1-8(2)15-4-3-9(5-11(15)16)12-14-10(6-13)7-17-12/h3-5,7-8H,6,13H2,1-2H3. The van der Waals surface area contributed by atoms with Crippen LogP contribution in [0.1, 0.15) is 25.6 Å². The van der Waals surface area contributed by atoms with Gasteiger partial charge in [-0.1, -0.05) is 0 Å². The van der Waals surface area contributed by atoms with E-state index in [0.717, 1.165) is 0 Å². The number of hydrogen-bond acceptors (Lipinski definition) is 4.